The fourth-order valence-electron chi connectivity index (χ4n) is 2.36. The molecule has 112 valence electrons. The maximum atomic E-state index is 11.9. The molecule has 0 saturated carbocycles. The summed E-state index contributed by atoms with van der Waals surface area (Å²) < 4.78 is 16.0. The number of anilines is 1. The summed E-state index contributed by atoms with van der Waals surface area (Å²) in [6, 6.07) is 11.6. The van der Waals surface area contributed by atoms with E-state index in [9.17, 15) is 4.79 Å². The standard InChI is InChI=1S/C15H12N2O3S2/c1-17-12-6-5-9(7-10(12)15(18)22-17)21-16-11-3-2-4-13-14(11)20-8-19-13/h2-7,16H,8H2,1H3. The van der Waals surface area contributed by atoms with E-state index >= 15 is 0 Å². The Bertz CT molecular complexity index is 917. The van der Waals surface area contributed by atoms with E-state index in [1.54, 1.807) is 0 Å². The molecule has 0 atom stereocenters. The summed E-state index contributed by atoms with van der Waals surface area (Å²) in [6.45, 7) is 0.246. The zero-order chi connectivity index (χ0) is 15.1. The van der Waals surface area contributed by atoms with E-state index in [4.69, 9.17) is 9.47 Å². The number of benzene rings is 2. The van der Waals surface area contributed by atoms with Gasteiger partial charge >= 0.3 is 0 Å². The highest BCUT2D eigenvalue weighted by molar-refractivity contribution is 8.00. The average Bonchev–Trinajstić information content (AvgIpc) is 3.11. The molecule has 0 spiro atoms. The minimum atomic E-state index is 0.0808. The number of hydrogen-bond acceptors (Lipinski definition) is 6. The second-order valence-electron chi connectivity index (χ2n) is 4.80. The molecule has 0 fully saturated rings. The molecule has 0 unspecified atom stereocenters. The summed E-state index contributed by atoms with van der Waals surface area (Å²) in [4.78, 5) is 12.9. The molecule has 3 aromatic rings. The van der Waals surface area contributed by atoms with Crippen LogP contribution in [-0.4, -0.2) is 10.7 Å². The molecule has 0 amide bonds. The van der Waals surface area contributed by atoms with Crippen molar-refractivity contribution in [1.82, 2.24) is 3.96 Å². The maximum Gasteiger partial charge on any atom is 0.257 e. The quantitative estimate of drug-likeness (QED) is 0.745. The number of nitrogens with zero attached hydrogens (tertiary/aromatic N) is 1. The molecule has 1 N–H and O–H groups in total. The van der Waals surface area contributed by atoms with Gasteiger partial charge in [-0.25, -0.2) is 0 Å². The first-order chi connectivity index (χ1) is 10.7. The Morgan fingerprint density at radius 1 is 1.27 bits per heavy atom. The molecule has 1 aliphatic heterocycles. The SMILES string of the molecule is Cn1sc(=O)c2cc(SNc3cccc4c3OCO4)ccc21. The van der Waals surface area contributed by atoms with Crippen LogP contribution in [-0.2, 0) is 7.05 Å². The van der Waals surface area contributed by atoms with Gasteiger partial charge in [0.05, 0.1) is 16.6 Å². The molecule has 2 aromatic carbocycles. The Morgan fingerprint density at radius 2 is 2.18 bits per heavy atom. The van der Waals surface area contributed by atoms with Crippen molar-refractivity contribution in [3.8, 4) is 11.5 Å². The van der Waals surface area contributed by atoms with Gasteiger partial charge in [0.2, 0.25) is 6.79 Å². The summed E-state index contributed by atoms with van der Waals surface area (Å²) in [5.74, 6) is 1.47. The van der Waals surface area contributed by atoms with E-state index in [1.807, 2.05) is 47.4 Å². The Kier molecular flexibility index (Phi) is 3.24. The second-order valence-corrected chi connectivity index (χ2v) is 6.78. The Hall–Kier alpha value is -2.12. The van der Waals surface area contributed by atoms with Gasteiger partial charge in [0, 0.05) is 11.9 Å². The molecular weight excluding hydrogens is 320 g/mol. The fourth-order valence-corrected chi connectivity index (χ4v) is 3.83. The highest BCUT2D eigenvalue weighted by Crippen LogP contribution is 2.40. The Morgan fingerprint density at radius 3 is 3.09 bits per heavy atom. The third kappa shape index (κ3) is 2.22. The van der Waals surface area contributed by atoms with Crippen LogP contribution in [0.1, 0.15) is 0 Å². The van der Waals surface area contributed by atoms with Gasteiger partial charge in [0.25, 0.3) is 4.74 Å². The number of aryl methyl sites for hydroxylation is 1. The summed E-state index contributed by atoms with van der Waals surface area (Å²) in [7, 11) is 1.89. The summed E-state index contributed by atoms with van der Waals surface area (Å²) in [5, 5.41) is 0.747. The van der Waals surface area contributed by atoms with Crippen LogP contribution in [0.15, 0.2) is 46.1 Å². The lowest BCUT2D eigenvalue weighted by atomic mass is 10.2. The number of ether oxygens (including phenoxy) is 2. The van der Waals surface area contributed by atoms with Crippen LogP contribution in [0.2, 0.25) is 0 Å². The molecule has 4 rings (SSSR count). The predicted octanol–water partition coefficient (Wildman–Crippen LogP) is 3.45. The Labute approximate surface area is 134 Å². The number of para-hydroxylation sites is 1. The van der Waals surface area contributed by atoms with E-state index in [-0.39, 0.29) is 11.5 Å². The van der Waals surface area contributed by atoms with Gasteiger partial charge < -0.3 is 14.2 Å². The smallest absolute Gasteiger partial charge is 0.257 e. The molecule has 1 aliphatic rings. The van der Waals surface area contributed by atoms with E-state index < -0.39 is 0 Å². The lowest BCUT2D eigenvalue weighted by Gasteiger charge is -2.08. The van der Waals surface area contributed by atoms with Crippen molar-refractivity contribution < 1.29 is 9.47 Å². The highest BCUT2D eigenvalue weighted by Gasteiger charge is 2.17. The largest absolute Gasteiger partial charge is 0.454 e. The predicted molar refractivity (Wildman–Crippen MR) is 89.1 cm³/mol. The van der Waals surface area contributed by atoms with Crippen LogP contribution < -0.4 is 18.9 Å². The second kappa shape index (κ2) is 5.26. The number of hydrogen-bond donors (Lipinski definition) is 1. The van der Waals surface area contributed by atoms with Crippen LogP contribution in [0, 0.1) is 0 Å². The van der Waals surface area contributed by atoms with Crippen LogP contribution in [0.3, 0.4) is 0 Å². The minimum Gasteiger partial charge on any atom is -0.454 e. The van der Waals surface area contributed by atoms with Crippen LogP contribution in [0.25, 0.3) is 10.9 Å². The first kappa shape index (κ1) is 13.5. The first-order valence-corrected chi connectivity index (χ1v) is 8.23. The van der Waals surface area contributed by atoms with Gasteiger partial charge in [0.1, 0.15) is 0 Å². The van der Waals surface area contributed by atoms with Crippen molar-refractivity contribution in [3.63, 3.8) is 0 Å². The molecule has 0 aliphatic carbocycles. The van der Waals surface area contributed by atoms with Crippen molar-refractivity contribution in [2.45, 2.75) is 4.90 Å². The number of nitrogens with one attached hydrogen (secondary N) is 1. The normalized spacial score (nSPS) is 12.8. The molecule has 0 bridgehead atoms. The monoisotopic (exact) mass is 332 g/mol. The third-order valence-electron chi connectivity index (χ3n) is 3.42. The van der Waals surface area contributed by atoms with E-state index in [2.05, 4.69) is 4.72 Å². The van der Waals surface area contributed by atoms with E-state index in [0.29, 0.717) is 0 Å². The van der Waals surface area contributed by atoms with E-state index in [0.717, 1.165) is 33.0 Å². The number of rotatable bonds is 3. The van der Waals surface area contributed by atoms with Crippen molar-refractivity contribution in [3.05, 3.63) is 45.9 Å². The lowest BCUT2D eigenvalue weighted by molar-refractivity contribution is 0.174. The van der Waals surface area contributed by atoms with Crippen molar-refractivity contribution in [1.29, 1.82) is 0 Å². The van der Waals surface area contributed by atoms with Crippen molar-refractivity contribution >= 4 is 40.1 Å². The minimum absolute atomic E-state index is 0.0808. The molecule has 2 heterocycles. The zero-order valence-corrected chi connectivity index (χ0v) is 13.3. The molecule has 7 heteroatoms. The van der Waals surface area contributed by atoms with Gasteiger partial charge in [0.15, 0.2) is 11.5 Å². The maximum absolute atomic E-state index is 11.9. The average molecular weight is 332 g/mol. The van der Waals surface area contributed by atoms with E-state index in [1.165, 1.54) is 23.5 Å². The van der Waals surface area contributed by atoms with Crippen molar-refractivity contribution in [2.24, 2.45) is 7.05 Å². The summed E-state index contributed by atoms with van der Waals surface area (Å²) in [5.41, 5.74) is 1.81. The van der Waals surface area contributed by atoms with Gasteiger partial charge in [-0.15, -0.1) is 0 Å². The van der Waals surface area contributed by atoms with Crippen LogP contribution >= 0.6 is 23.5 Å². The van der Waals surface area contributed by atoms with Gasteiger partial charge in [-0.1, -0.05) is 6.07 Å². The summed E-state index contributed by atoms with van der Waals surface area (Å²) >= 11 is 2.66. The third-order valence-corrected chi connectivity index (χ3v) is 5.09. The molecule has 0 radical (unpaired) electrons. The molecule has 1 aromatic heterocycles. The van der Waals surface area contributed by atoms with Crippen LogP contribution in [0.4, 0.5) is 5.69 Å². The topological polar surface area (TPSA) is 52.5 Å². The van der Waals surface area contributed by atoms with Gasteiger partial charge in [-0.3, -0.25) is 8.75 Å². The van der Waals surface area contributed by atoms with Gasteiger partial charge in [-0.05, 0) is 53.8 Å². The highest BCUT2D eigenvalue weighted by atomic mass is 32.2. The number of fused-ring (bicyclic) bond motifs is 2. The first-order valence-electron chi connectivity index (χ1n) is 6.64. The molecule has 22 heavy (non-hydrogen) atoms. The van der Waals surface area contributed by atoms with Crippen LogP contribution in [0.5, 0.6) is 11.5 Å². The van der Waals surface area contributed by atoms with Crippen molar-refractivity contribution in [2.75, 3.05) is 11.5 Å². The molecule has 0 saturated heterocycles. The zero-order valence-electron chi connectivity index (χ0n) is 11.7. The van der Waals surface area contributed by atoms with Gasteiger partial charge in [-0.2, -0.15) is 0 Å². The summed E-state index contributed by atoms with van der Waals surface area (Å²) in [6.07, 6.45) is 0. The lowest BCUT2D eigenvalue weighted by Crippen LogP contribution is -1.94. The fraction of sp³-hybridized carbons (Fsp3) is 0.133. The molecular formula is C15H12N2O3S2. The Balaban J connectivity index is 1.61. The molecule has 5 nitrogen and oxygen atoms in total. The number of aromatic nitrogens is 1.